The Labute approximate surface area is 296 Å². The van der Waals surface area contributed by atoms with Crippen LogP contribution >= 0.6 is 0 Å². The van der Waals surface area contributed by atoms with Crippen LogP contribution in [0.4, 0.5) is 17.1 Å². The Hall–Kier alpha value is -4.62. The minimum atomic E-state index is 0.180. The van der Waals surface area contributed by atoms with Crippen molar-refractivity contribution in [1.82, 2.24) is 0 Å². The van der Waals surface area contributed by atoms with E-state index in [-0.39, 0.29) is 10.8 Å². The summed E-state index contributed by atoms with van der Waals surface area (Å²) in [6, 6.07) is 49.7. The summed E-state index contributed by atoms with van der Waals surface area (Å²) in [6.45, 7) is 0. The van der Waals surface area contributed by atoms with Gasteiger partial charge < -0.3 is 4.90 Å². The van der Waals surface area contributed by atoms with Crippen LogP contribution in [0.5, 0.6) is 0 Å². The molecule has 244 valence electrons. The van der Waals surface area contributed by atoms with E-state index in [9.17, 15) is 0 Å². The Balaban J connectivity index is 1.08. The standard InChI is InChI=1S/C49H43N/c1-2-12-38-33(10-1)11-9-17-47(38)50(36-18-20-44-41(29-36)39-13-3-5-15-43(39)48(44)22-7-8-23-48)37-19-21-46-42(30-37)40-14-4-6-16-45(40)49(46)34-25-31-24-32(27-34)28-35(49)26-31/h1-6,9-21,29-32,34-35H,7-8,22-28H2. The van der Waals surface area contributed by atoms with Crippen LogP contribution in [0.2, 0.25) is 0 Å². The first kappa shape index (κ1) is 28.1. The van der Waals surface area contributed by atoms with E-state index in [1.807, 2.05) is 0 Å². The Bertz CT molecular complexity index is 2340. The number of rotatable bonds is 3. The Kier molecular flexibility index (Phi) is 5.62. The molecule has 4 bridgehead atoms. The van der Waals surface area contributed by atoms with E-state index in [1.54, 1.807) is 22.3 Å². The molecule has 7 aliphatic carbocycles. The number of hydrogen-bond acceptors (Lipinski definition) is 1. The van der Waals surface area contributed by atoms with Gasteiger partial charge in [0.2, 0.25) is 0 Å². The number of benzene rings is 6. The minimum Gasteiger partial charge on any atom is -0.310 e. The lowest BCUT2D eigenvalue weighted by molar-refractivity contribution is -0.0399. The average Bonchev–Trinajstić information content (AvgIpc) is 3.84. The van der Waals surface area contributed by atoms with Gasteiger partial charge in [0.05, 0.1) is 5.69 Å². The molecule has 2 spiro atoms. The van der Waals surface area contributed by atoms with E-state index in [0.29, 0.717) is 0 Å². The summed E-state index contributed by atoms with van der Waals surface area (Å²) >= 11 is 0. The van der Waals surface area contributed by atoms with E-state index in [4.69, 9.17) is 0 Å². The summed E-state index contributed by atoms with van der Waals surface area (Å²) in [6.07, 6.45) is 12.3. The highest BCUT2D eigenvalue weighted by atomic mass is 15.1. The molecule has 0 N–H and O–H groups in total. The molecule has 50 heavy (non-hydrogen) atoms. The lowest BCUT2D eigenvalue weighted by Gasteiger charge is -2.61. The molecule has 13 rings (SSSR count). The molecule has 0 atom stereocenters. The van der Waals surface area contributed by atoms with Gasteiger partial charge in [0.1, 0.15) is 0 Å². The van der Waals surface area contributed by atoms with Crippen LogP contribution < -0.4 is 4.90 Å². The molecule has 0 aromatic heterocycles. The molecule has 0 unspecified atom stereocenters. The Morgan fingerprint density at radius 1 is 0.460 bits per heavy atom. The molecule has 0 saturated heterocycles. The van der Waals surface area contributed by atoms with Gasteiger partial charge in [-0.15, -0.1) is 0 Å². The highest BCUT2D eigenvalue weighted by molar-refractivity contribution is 6.00. The lowest BCUT2D eigenvalue weighted by atomic mass is 9.43. The van der Waals surface area contributed by atoms with Crippen LogP contribution in [0, 0.1) is 23.7 Å². The molecule has 1 heteroatoms. The van der Waals surface area contributed by atoms with Crippen molar-refractivity contribution in [1.29, 1.82) is 0 Å². The molecule has 0 radical (unpaired) electrons. The van der Waals surface area contributed by atoms with Crippen molar-refractivity contribution in [3.63, 3.8) is 0 Å². The van der Waals surface area contributed by atoms with Gasteiger partial charge in [-0.1, -0.05) is 110 Å². The predicted molar refractivity (Wildman–Crippen MR) is 207 cm³/mol. The van der Waals surface area contributed by atoms with Gasteiger partial charge in [-0.05, 0) is 149 Å². The molecular weight excluding hydrogens is 603 g/mol. The fourth-order valence-corrected chi connectivity index (χ4v) is 13.2. The van der Waals surface area contributed by atoms with Crippen LogP contribution in [0.15, 0.2) is 127 Å². The largest absolute Gasteiger partial charge is 0.310 e. The summed E-state index contributed by atoms with van der Waals surface area (Å²) in [5, 5.41) is 2.58. The third kappa shape index (κ3) is 3.49. The van der Waals surface area contributed by atoms with E-state index < -0.39 is 0 Å². The van der Waals surface area contributed by atoms with Crippen LogP contribution in [0.3, 0.4) is 0 Å². The summed E-state index contributed by atoms with van der Waals surface area (Å²) in [5.41, 5.74) is 16.3. The van der Waals surface area contributed by atoms with Crippen LogP contribution in [-0.2, 0) is 10.8 Å². The lowest BCUT2D eigenvalue weighted by Crippen LogP contribution is -2.55. The quantitative estimate of drug-likeness (QED) is 0.185. The Morgan fingerprint density at radius 3 is 1.74 bits per heavy atom. The second kappa shape index (κ2) is 10.0. The molecule has 1 nitrogen and oxygen atoms in total. The summed E-state index contributed by atoms with van der Waals surface area (Å²) in [7, 11) is 0. The molecule has 5 saturated carbocycles. The molecule has 0 aliphatic heterocycles. The maximum Gasteiger partial charge on any atom is 0.0540 e. The van der Waals surface area contributed by atoms with Gasteiger partial charge in [-0.2, -0.15) is 0 Å². The van der Waals surface area contributed by atoms with Crippen molar-refractivity contribution in [3.8, 4) is 22.3 Å². The van der Waals surface area contributed by atoms with E-state index in [1.165, 1.54) is 108 Å². The van der Waals surface area contributed by atoms with E-state index in [2.05, 4.69) is 132 Å². The molecule has 0 amide bonds. The van der Waals surface area contributed by atoms with Crippen LogP contribution in [-0.4, -0.2) is 0 Å². The molecular formula is C49H43N. The first-order valence-corrected chi connectivity index (χ1v) is 19.5. The number of hydrogen-bond donors (Lipinski definition) is 0. The zero-order valence-corrected chi connectivity index (χ0v) is 28.7. The monoisotopic (exact) mass is 645 g/mol. The third-order valence-corrected chi connectivity index (χ3v) is 14.8. The second-order valence-corrected chi connectivity index (χ2v) is 16.8. The first-order valence-electron chi connectivity index (χ1n) is 19.5. The van der Waals surface area contributed by atoms with Crippen molar-refractivity contribution in [2.75, 3.05) is 4.90 Å². The third-order valence-electron chi connectivity index (χ3n) is 14.8. The highest BCUT2D eigenvalue weighted by Crippen LogP contribution is 2.69. The molecule has 7 aliphatic rings. The second-order valence-electron chi connectivity index (χ2n) is 16.8. The van der Waals surface area contributed by atoms with Crippen molar-refractivity contribution >= 4 is 27.8 Å². The average molecular weight is 646 g/mol. The zero-order valence-electron chi connectivity index (χ0n) is 28.7. The van der Waals surface area contributed by atoms with Crippen molar-refractivity contribution in [2.45, 2.75) is 68.6 Å². The summed E-state index contributed by atoms with van der Waals surface area (Å²) in [5.74, 6) is 3.46. The number of fused-ring (bicyclic) bond motifs is 9. The minimum absolute atomic E-state index is 0.180. The summed E-state index contributed by atoms with van der Waals surface area (Å²) in [4.78, 5) is 2.58. The number of anilines is 3. The smallest absolute Gasteiger partial charge is 0.0540 e. The van der Waals surface area contributed by atoms with Crippen molar-refractivity contribution in [3.05, 3.63) is 150 Å². The van der Waals surface area contributed by atoms with Gasteiger partial charge in [0.25, 0.3) is 0 Å². The fourth-order valence-electron chi connectivity index (χ4n) is 13.2. The van der Waals surface area contributed by atoms with Crippen molar-refractivity contribution < 1.29 is 0 Å². The van der Waals surface area contributed by atoms with Gasteiger partial charge in [0.15, 0.2) is 0 Å². The summed E-state index contributed by atoms with van der Waals surface area (Å²) < 4.78 is 0. The zero-order chi connectivity index (χ0) is 32.6. The predicted octanol–water partition coefficient (Wildman–Crippen LogP) is 12.9. The van der Waals surface area contributed by atoms with Crippen LogP contribution in [0.1, 0.15) is 80.0 Å². The molecule has 5 fully saturated rings. The maximum absolute atomic E-state index is 2.58. The number of nitrogens with zero attached hydrogens (tertiary/aromatic N) is 1. The topological polar surface area (TPSA) is 3.24 Å². The van der Waals surface area contributed by atoms with Gasteiger partial charge in [-0.25, -0.2) is 0 Å². The fraction of sp³-hybridized carbons (Fsp3) is 0.306. The van der Waals surface area contributed by atoms with Gasteiger partial charge in [0, 0.05) is 27.6 Å². The van der Waals surface area contributed by atoms with Gasteiger partial charge in [-0.3, -0.25) is 0 Å². The Morgan fingerprint density at radius 2 is 1.00 bits per heavy atom. The molecule has 6 aromatic rings. The van der Waals surface area contributed by atoms with E-state index in [0.717, 1.165) is 23.7 Å². The SMILES string of the molecule is c1ccc2c(c1)-c1cc(N(c3ccc4c(c3)-c3ccccc3C43C4CC5CC(C4)CC3C5)c3cccc4ccccc34)ccc1C21CCCC1. The normalized spacial score (nSPS) is 27.1. The first-order chi connectivity index (χ1) is 24.7. The van der Waals surface area contributed by atoms with Crippen LogP contribution in [0.25, 0.3) is 33.0 Å². The van der Waals surface area contributed by atoms with Crippen molar-refractivity contribution in [2.24, 2.45) is 23.7 Å². The highest BCUT2D eigenvalue weighted by Gasteiger charge is 2.61. The maximum atomic E-state index is 2.58. The molecule has 0 heterocycles. The van der Waals surface area contributed by atoms with E-state index >= 15 is 0 Å². The molecule has 6 aromatic carbocycles. The van der Waals surface area contributed by atoms with Gasteiger partial charge >= 0.3 is 0 Å².